The molecule has 1 aliphatic heterocycles. The summed E-state index contributed by atoms with van der Waals surface area (Å²) >= 11 is 3.22. The molecule has 16 heavy (non-hydrogen) atoms. The summed E-state index contributed by atoms with van der Waals surface area (Å²) in [5.41, 5.74) is 0.105. The van der Waals surface area contributed by atoms with Crippen molar-refractivity contribution in [2.45, 2.75) is 18.8 Å². The van der Waals surface area contributed by atoms with Gasteiger partial charge in [-0.2, -0.15) is 0 Å². The average molecular weight is 290 g/mol. The van der Waals surface area contributed by atoms with Crippen LogP contribution in [0.3, 0.4) is 0 Å². The summed E-state index contributed by atoms with van der Waals surface area (Å²) in [6, 6.07) is 6.41. The smallest absolute Gasteiger partial charge is 0.273 e. The van der Waals surface area contributed by atoms with Gasteiger partial charge in [0, 0.05) is 16.5 Å². The van der Waals surface area contributed by atoms with Crippen LogP contribution in [-0.2, 0) is 5.92 Å². The van der Waals surface area contributed by atoms with Crippen LogP contribution in [0.2, 0.25) is 0 Å². The first-order valence-corrected chi connectivity index (χ1v) is 6.22. The largest absolute Gasteiger partial charge is 0.316 e. The van der Waals surface area contributed by atoms with Crippen molar-refractivity contribution in [2.24, 2.45) is 5.92 Å². The molecule has 4 heteroatoms. The van der Waals surface area contributed by atoms with Crippen LogP contribution in [0.15, 0.2) is 28.7 Å². The highest BCUT2D eigenvalue weighted by atomic mass is 79.9. The molecule has 0 aromatic heterocycles. The van der Waals surface area contributed by atoms with E-state index in [4.69, 9.17) is 0 Å². The van der Waals surface area contributed by atoms with E-state index in [9.17, 15) is 8.78 Å². The van der Waals surface area contributed by atoms with Crippen LogP contribution >= 0.6 is 15.9 Å². The van der Waals surface area contributed by atoms with Crippen LogP contribution in [0.25, 0.3) is 0 Å². The van der Waals surface area contributed by atoms with E-state index in [0.29, 0.717) is 11.0 Å². The number of benzene rings is 1. The van der Waals surface area contributed by atoms with Crippen LogP contribution < -0.4 is 5.32 Å². The van der Waals surface area contributed by atoms with Crippen LogP contribution in [0, 0.1) is 5.92 Å². The van der Waals surface area contributed by atoms with E-state index in [1.807, 2.05) is 0 Å². The van der Waals surface area contributed by atoms with Gasteiger partial charge >= 0.3 is 0 Å². The molecule has 0 saturated carbocycles. The van der Waals surface area contributed by atoms with E-state index in [-0.39, 0.29) is 17.9 Å². The van der Waals surface area contributed by atoms with E-state index in [2.05, 4.69) is 21.2 Å². The van der Waals surface area contributed by atoms with Crippen LogP contribution in [0.4, 0.5) is 8.78 Å². The summed E-state index contributed by atoms with van der Waals surface area (Å²) in [5, 5.41) is 3.12. The summed E-state index contributed by atoms with van der Waals surface area (Å²) in [6.07, 6.45) is 0.792. The maximum Gasteiger partial charge on any atom is 0.273 e. The van der Waals surface area contributed by atoms with Crippen molar-refractivity contribution < 1.29 is 8.78 Å². The van der Waals surface area contributed by atoms with Crippen molar-refractivity contribution >= 4 is 15.9 Å². The van der Waals surface area contributed by atoms with Gasteiger partial charge in [0.1, 0.15) is 0 Å². The Morgan fingerprint density at radius 2 is 2.25 bits per heavy atom. The molecular formula is C12H14BrF2N. The first-order chi connectivity index (χ1) is 7.58. The van der Waals surface area contributed by atoms with Gasteiger partial charge in [-0.3, -0.25) is 0 Å². The second-order valence-electron chi connectivity index (χ2n) is 4.28. The van der Waals surface area contributed by atoms with Gasteiger partial charge in [-0.05, 0) is 37.6 Å². The van der Waals surface area contributed by atoms with Crippen LogP contribution in [-0.4, -0.2) is 13.1 Å². The monoisotopic (exact) mass is 289 g/mol. The standard InChI is InChI=1S/C12H14BrF2N/c13-11-3-1-2-10(6-11)12(14,15)7-9-4-5-16-8-9/h1-3,6,9,16H,4-5,7-8H2. The molecule has 1 aromatic carbocycles. The van der Waals surface area contributed by atoms with Crippen molar-refractivity contribution in [1.82, 2.24) is 5.32 Å². The second kappa shape index (κ2) is 4.80. The highest BCUT2D eigenvalue weighted by Crippen LogP contribution is 2.37. The van der Waals surface area contributed by atoms with Crippen molar-refractivity contribution in [2.75, 3.05) is 13.1 Å². The van der Waals surface area contributed by atoms with E-state index < -0.39 is 5.92 Å². The number of hydrogen-bond acceptors (Lipinski definition) is 1. The number of nitrogens with one attached hydrogen (secondary N) is 1. The number of alkyl halides is 2. The zero-order valence-corrected chi connectivity index (χ0v) is 10.4. The normalized spacial score (nSPS) is 21.3. The predicted molar refractivity (Wildman–Crippen MR) is 63.6 cm³/mol. The fourth-order valence-corrected chi connectivity index (χ4v) is 2.48. The van der Waals surface area contributed by atoms with Gasteiger partial charge in [-0.15, -0.1) is 0 Å². The molecule has 0 amide bonds. The minimum Gasteiger partial charge on any atom is -0.316 e. The fraction of sp³-hybridized carbons (Fsp3) is 0.500. The third-order valence-electron chi connectivity index (χ3n) is 2.95. The Labute approximate surface area is 102 Å². The van der Waals surface area contributed by atoms with E-state index in [1.54, 1.807) is 12.1 Å². The molecule has 1 heterocycles. The van der Waals surface area contributed by atoms with Gasteiger partial charge in [0.25, 0.3) is 5.92 Å². The Balaban J connectivity index is 2.10. The number of hydrogen-bond donors (Lipinski definition) is 1. The lowest BCUT2D eigenvalue weighted by atomic mass is 9.95. The number of rotatable bonds is 3. The predicted octanol–water partition coefficient (Wildman–Crippen LogP) is 3.54. The summed E-state index contributed by atoms with van der Waals surface area (Å²) in [4.78, 5) is 0. The molecule has 1 aromatic rings. The van der Waals surface area contributed by atoms with Crippen LogP contribution in [0.5, 0.6) is 0 Å². The zero-order chi connectivity index (χ0) is 11.6. The van der Waals surface area contributed by atoms with E-state index in [1.165, 1.54) is 12.1 Å². The summed E-state index contributed by atoms with van der Waals surface area (Å²) < 4.78 is 28.6. The first kappa shape index (κ1) is 12.0. The Hall–Kier alpha value is -0.480. The molecule has 1 nitrogen and oxygen atoms in total. The molecule has 1 N–H and O–H groups in total. The first-order valence-electron chi connectivity index (χ1n) is 5.42. The van der Waals surface area contributed by atoms with Crippen molar-refractivity contribution in [3.63, 3.8) is 0 Å². The lowest BCUT2D eigenvalue weighted by Gasteiger charge is -2.20. The lowest BCUT2D eigenvalue weighted by Crippen LogP contribution is -2.20. The van der Waals surface area contributed by atoms with Gasteiger partial charge in [-0.25, -0.2) is 8.78 Å². The highest BCUT2D eigenvalue weighted by Gasteiger charge is 2.35. The summed E-state index contributed by atoms with van der Waals surface area (Å²) in [7, 11) is 0. The zero-order valence-electron chi connectivity index (χ0n) is 8.85. The molecule has 1 atom stereocenters. The molecule has 2 rings (SSSR count). The van der Waals surface area contributed by atoms with E-state index >= 15 is 0 Å². The maximum absolute atomic E-state index is 13.9. The SMILES string of the molecule is FC(F)(CC1CCNC1)c1cccc(Br)c1. The molecule has 0 bridgehead atoms. The molecule has 1 fully saturated rings. The van der Waals surface area contributed by atoms with Crippen LogP contribution in [0.1, 0.15) is 18.4 Å². The Kier molecular flexibility index (Phi) is 3.60. The molecule has 88 valence electrons. The quantitative estimate of drug-likeness (QED) is 0.898. The van der Waals surface area contributed by atoms with Crippen molar-refractivity contribution in [3.05, 3.63) is 34.3 Å². The van der Waals surface area contributed by atoms with Gasteiger partial charge < -0.3 is 5.32 Å². The Morgan fingerprint density at radius 1 is 1.44 bits per heavy atom. The molecule has 1 unspecified atom stereocenters. The number of halogens is 3. The molecule has 0 spiro atoms. The van der Waals surface area contributed by atoms with Gasteiger partial charge in [0.15, 0.2) is 0 Å². The summed E-state index contributed by atoms with van der Waals surface area (Å²) in [5.74, 6) is -2.63. The third kappa shape index (κ3) is 2.80. The maximum atomic E-state index is 13.9. The van der Waals surface area contributed by atoms with Gasteiger partial charge in [-0.1, -0.05) is 28.1 Å². The topological polar surface area (TPSA) is 12.0 Å². The minimum atomic E-state index is -2.72. The third-order valence-corrected chi connectivity index (χ3v) is 3.45. The minimum absolute atomic E-state index is 0.0591. The second-order valence-corrected chi connectivity index (χ2v) is 5.19. The fourth-order valence-electron chi connectivity index (χ4n) is 2.09. The highest BCUT2D eigenvalue weighted by molar-refractivity contribution is 9.10. The molecule has 1 saturated heterocycles. The Morgan fingerprint density at radius 3 is 2.88 bits per heavy atom. The van der Waals surface area contributed by atoms with Gasteiger partial charge in [0.2, 0.25) is 0 Å². The molecule has 1 aliphatic rings. The van der Waals surface area contributed by atoms with Crippen molar-refractivity contribution in [3.8, 4) is 0 Å². The lowest BCUT2D eigenvalue weighted by molar-refractivity contribution is -0.0268. The summed E-state index contributed by atoms with van der Waals surface area (Å²) in [6.45, 7) is 1.57. The Bertz CT molecular complexity index is 362. The van der Waals surface area contributed by atoms with Crippen molar-refractivity contribution in [1.29, 1.82) is 0 Å². The molecular weight excluding hydrogens is 276 g/mol. The molecule has 0 aliphatic carbocycles. The average Bonchev–Trinajstić information content (AvgIpc) is 2.70. The van der Waals surface area contributed by atoms with Gasteiger partial charge in [0.05, 0.1) is 0 Å². The molecule has 0 radical (unpaired) electrons. The van der Waals surface area contributed by atoms with E-state index in [0.717, 1.165) is 13.0 Å².